The molecule has 0 saturated carbocycles. The number of carbonyl (C=O) groups is 1. The molecule has 8 nitrogen and oxygen atoms in total. The van der Waals surface area contributed by atoms with Gasteiger partial charge in [-0.25, -0.2) is 9.97 Å². The minimum atomic E-state index is -0.867. The van der Waals surface area contributed by atoms with Crippen molar-refractivity contribution in [3.05, 3.63) is 58.9 Å². The fourth-order valence-electron chi connectivity index (χ4n) is 4.72. The second-order valence-electron chi connectivity index (χ2n) is 11.5. The van der Waals surface area contributed by atoms with Gasteiger partial charge in [0, 0.05) is 42.8 Å². The molecule has 0 bridgehead atoms. The van der Waals surface area contributed by atoms with Gasteiger partial charge in [-0.3, -0.25) is 14.7 Å². The Labute approximate surface area is 250 Å². The summed E-state index contributed by atoms with van der Waals surface area (Å²) >= 11 is 7.65. The number of carboxylic acid groups (broad SMARTS) is 1. The SMILES string of the molecule is CC(C)(C)O.Cc1cc2nc(-c3cncc(N4CCN(C(C)C)CC4)n3)sc2c(-c2ccc(Cl)cc2)c1CC(=O)O. The molecule has 218 valence electrons. The van der Waals surface area contributed by atoms with E-state index in [1.807, 2.05) is 43.5 Å². The Kier molecular flexibility index (Phi) is 9.64. The van der Waals surface area contributed by atoms with Gasteiger partial charge < -0.3 is 15.1 Å². The molecule has 1 fully saturated rings. The number of anilines is 1. The van der Waals surface area contributed by atoms with Crippen LogP contribution in [0.15, 0.2) is 42.7 Å². The fraction of sp³-hybridized carbons (Fsp3) is 0.419. The Bertz CT molecular complexity index is 1500. The van der Waals surface area contributed by atoms with Crippen molar-refractivity contribution in [1.29, 1.82) is 0 Å². The van der Waals surface area contributed by atoms with E-state index in [2.05, 4.69) is 28.6 Å². The topological polar surface area (TPSA) is 103 Å². The third-order valence-electron chi connectivity index (χ3n) is 6.68. The molecule has 0 atom stereocenters. The lowest BCUT2D eigenvalue weighted by atomic mass is 9.93. The van der Waals surface area contributed by atoms with Gasteiger partial charge in [0.05, 0.1) is 34.6 Å². The number of aryl methyl sites for hydroxylation is 1. The molecule has 3 heterocycles. The Morgan fingerprint density at radius 1 is 1.07 bits per heavy atom. The van der Waals surface area contributed by atoms with Gasteiger partial charge in [-0.2, -0.15) is 0 Å². The number of halogens is 1. The highest BCUT2D eigenvalue weighted by Gasteiger charge is 2.22. The summed E-state index contributed by atoms with van der Waals surface area (Å²) in [6.07, 6.45) is 3.50. The molecule has 2 aromatic carbocycles. The van der Waals surface area contributed by atoms with Crippen molar-refractivity contribution < 1.29 is 15.0 Å². The lowest BCUT2D eigenvalue weighted by molar-refractivity contribution is -0.136. The molecule has 1 aliphatic heterocycles. The Hall–Kier alpha value is -3.11. The first-order valence-electron chi connectivity index (χ1n) is 13.7. The van der Waals surface area contributed by atoms with Crippen molar-refractivity contribution in [2.45, 2.75) is 59.6 Å². The lowest BCUT2D eigenvalue weighted by Crippen LogP contribution is -2.49. The van der Waals surface area contributed by atoms with Gasteiger partial charge in [-0.05, 0) is 76.4 Å². The normalized spacial score (nSPS) is 14.3. The zero-order valence-electron chi connectivity index (χ0n) is 24.5. The summed E-state index contributed by atoms with van der Waals surface area (Å²) in [5.41, 5.74) is 4.54. The second kappa shape index (κ2) is 12.8. The highest BCUT2D eigenvalue weighted by atomic mass is 35.5. The molecule has 0 radical (unpaired) electrons. The molecule has 0 unspecified atom stereocenters. The first-order chi connectivity index (χ1) is 19.3. The highest BCUT2D eigenvalue weighted by Crippen LogP contribution is 2.40. The van der Waals surface area contributed by atoms with Crippen LogP contribution < -0.4 is 4.90 Å². The number of benzene rings is 2. The lowest BCUT2D eigenvalue weighted by Gasteiger charge is -2.37. The summed E-state index contributed by atoms with van der Waals surface area (Å²) in [5.74, 6) is -0.00984. The molecule has 2 aromatic heterocycles. The largest absolute Gasteiger partial charge is 0.481 e. The average Bonchev–Trinajstić information content (AvgIpc) is 3.32. The number of nitrogens with zero attached hydrogens (tertiary/aromatic N) is 5. The van der Waals surface area contributed by atoms with Crippen LogP contribution in [-0.2, 0) is 11.2 Å². The van der Waals surface area contributed by atoms with E-state index >= 15 is 0 Å². The molecule has 4 aromatic rings. The Morgan fingerprint density at radius 3 is 2.29 bits per heavy atom. The van der Waals surface area contributed by atoms with Crippen molar-refractivity contribution in [3.63, 3.8) is 0 Å². The van der Waals surface area contributed by atoms with Gasteiger partial charge in [-0.15, -0.1) is 11.3 Å². The van der Waals surface area contributed by atoms with Crippen LogP contribution in [-0.4, -0.2) is 73.9 Å². The monoisotopic (exact) mass is 595 g/mol. The van der Waals surface area contributed by atoms with E-state index in [0.717, 1.165) is 75.2 Å². The number of carboxylic acids is 1. The molecule has 0 amide bonds. The summed E-state index contributed by atoms with van der Waals surface area (Å²) in [7, 11) is 0. The van der Waals surface area contributed by atoms with Gasteiger partial charge >= 0.3 is 5.97 Å². The number of aliphatic carboxylic acids is 1. The summed E-state index contributed by atoms with van der Waals surface area (Å²) in [6.45, 7) is 15.4. The maximum absolute atomic E-state index is 11.7. The van der Waals surface area contributed by atoms with E-state index in [9.17, 15) is 9.90 Å². The van der Waals surface area contributed by atoms with Gasteiger partial charge in [0.1, 0.15) is 16.5 Å². The number of aromatic nitrogens is 3. The van der Waals surface area contributed by atoms with E-state index in [4.69, 9.17) is 26.7 Å². The highest BCUT2D eigenvalue weighted by molar-refractivity contribution is 7.22. The fourth-order valence-corrected chi connectivity index (χ4v) is 5.94. The molecule has 5 rings (SSSR count). The molecule has 10 heteroatoms. The van der Waals surface area contributed by atoms with Crippen LogP contribution in [0, 0.1) is 6.92 Å². The number of piperazine rings is 1. The predicted molar refractivity (Wildman–Crippen MR) is 168 cm³/mol. The first kappa shape index (κ1) is 30.8. The van der Waals surface area contributed by atoms with E-state index in [1.165, 1.54) is 11.3 Å². The summed E-state index contributed by atoms with van der Waals surface area (Å²) < 4.78 is 0.937. The number of hydrogen-bond donors (Lipinski definition) is 2. The number of fused-ring (bicyclic) bond motifs is 1. The first-order valence-corrected chi connectivity index (χ1v) is 14.9. The van der Waals surface area contributed by atoms with Crippen molar-refractivity contribution >= 4 is 44.9 Å². The number of hydrogen-bond acceptors (Lipinski definition) is 8. The third kappa shape index (κ3) is 8.01. The van der Waals surface area contributed by atoms with E-state index in [0.29, 0.717) is 11.1 Å². The van der Waals surface area contributed by atoms with Crippen molar-refractivity contribution in [3.8, 4) is 21.8 Å². The quantitative estimate of drug-likeness (QED) is 0.267. The van der Waals surface area contributed by atoms with Crippen LogP contribution in [0.3, 0.4) is 0 Å². The zero-order valence-corrected chi connectivity index (χ0v) is 26.1. The van der Waals surface area contributed by atoms with Gasteiger partial charge in [-0.1, -0.05) is 23.7 Å². The smallest absolute Gasteiger partial charge is 0.307 e. The van der Waals surface area contributed by atoms with Crippen LogP contribution in [0.1, 0.15) is 45.7 Å². The Morgan fingerprint density at radius 2 is 1.71 bits per heavy atom. The van der Waals surface area contributed by atoms with Crippen LogP contribution in [0.4, 0.5) is 5.82 Å². The minimum absolute atomic E-state index is 0.0649. The number of thiazole rings is 1. The summed E-state index contributed by atoms with van der Waals surface area (Å²) in [4.78, 5) is 30.8. The molecule has 1 saturated heterocycles. The van der Waals surface area contributed by atoms with Crippen LogP contribution in [0.5, 0.6) is 0 Å². The van der Waals surface area contributed by atoms with Crippen LogP contribution >= 0.6 is 22.9 Å². The third-order valence-corrected chi connectivity index (χ3v) is 8.04. The molecule has 2 N–H and O–H groups in total. The Balaban J connectivity index is 0.000000714. The molecule has 41 heavy (non-hydrogen) atoms. The van der Waals surface area contributed by atoms with E-state index in [1.54, 1.807) is 27.0 Å². The second-order valence-corrected chi connectivity index (χ2v) is 13.0. The van der Waals surface area contributed by atoms with E-state index < -0.39 is 11.6 Å². The maximum atomic E-state index is 11.7. The van der Waals surface area contributed by atoms with Crippen molar-refractivity contribution in [1.82, 2.24) is 19.9 Å². The number of aliphatic hydroxyl groups is 1. The molecular weight excluding hydrogens is 558 g/mol. The van der Waals surface area contributed by atoms with Crippen LogP contribution in [0.25, 0.3) is 32.0 Å². The van der Waals surface area contributed by atoms with E-state index in [-0.39, 0.29) is 6.42 Å². The summed E-state index contributed by atoms with van der Waals surface area (Å²) in [5, 5.41) is 19.5. The van der Waals surface area contributed by atoms with Crippen molar-refractivity contribution in [2.24, 2.45) is 0 Å². The van der Waals surface area contributed by atoms with Gasteiger partial charge in [0.2, 0.25) is 0 Å². The maximum Gasteiger partial charge on any atom is 0.307 e. The van der Waals surface area contributed by atoms with Crippen LogP contribution in [0.2, 0.25) is 5.02 Å². The molecule has 0 spiro atoms. The molecular formula is C31H38ClN5O3S. The average molecular weight is 596 g/mol. The molecule has 0 aliphatic carbocycles. The molecule has 1 aliphatic rings. The zero-order chi connectivity index (χ0) is 29.9. The van der Waals surface area contributed by atoms with Gasteiger partial charge in [0.15, 0.2) is 0 Å². The van der Waals surface area contributed by atoms with Crippen molar-refractivity contribution in [2.75, 3.05) is 31.1 Å². The predicted octanol–water partition coefficient (Wildman–Crippen LogP) is 6.32. The number of rotatable bonds is 6. The summed E-state index contributed by atoms with van der Waals surface area (Å²) in [6, 6.07) is 10.0. The minimum Gasteiger partial charge on any atom is -0.481 e. The standard InChI is InChI=1S/C27H28ClN5O2S.C4H10O/c1-16(2)32-8-10-33(11-9-32)23-15-29-14-22(30-23)27-31-21-12-17(3)20(13-24(34)35)25(26(21)36-27)18-4-6-19(28)7-5-18;1-4(2,3)5/h4-7,12,14-16H,8-11,13H2,1-3H3,(H,34,35);5H,1-3H3. The van der Waals surface area contributed by atoms with Gasteiger partial charge in [0.25, 0.3) is 0 Å².